The standard InChI is InChI=1S/C19H33N5O2S/c1-4-20-19(23-14-17(25)21-9-11-26-3)22-13-15-7-5-10-24(2)18(15)16-8-6-12-27-16/h6,8,12,15,18H,4-5,7,9-11,13-14H2,1-3H3,(H,21,25)(H2,20,22,23). The molecule has 2 atom stereocenters. The number of nitrogens with zero attached hydrogens (tertiary/aromatic N) is 2. The van der Waals surface area contributed by atoms with E-state index in [1.807, 2.05) is 18.3 Å². The number of thiophene rings is 1. The zero-order chi connectivity index (χ0) is 19.5. The summed E-state index contributed by atoms with van der Waals surface area (Å²) in [6, 6.07) is 4.79. The lowest BCUT2D eigenvalue weighted by Gasteiger charge is -2.39. The molecule has 27 heavy (non-hydrogen) atoms. The van der Waals surface area contributed by atoms with Gasteiger partial charge in [0, 0.05) is 37.7 Å². The van der Waals surface area contributed by atoms with Gasteiger partial charge in [-0.15, -0.1) is 11.3 Å². The number of carbonyl (C=O) groups excluding carboxylic acids is 1. The van der Waals surface area contributed by atoms with Crippen LogP contribution >= 0.6 is 11.3 Å². The van der Waals surface area contributed by atoms with Crippen LogP contribution in [0, 0.1) is 5.92 Å². The molecule has 1 saturated heterocycles. The highest BCUT2D eigenvalue weighted by Gasteiger charge is 2.31. The minimum atomic E-state index is -0.0990. The number of likely N-dealkylation sites (tertiary alicyclic amines) is 1. The zero-order valence-electron chi connectivity index (χ0n) is 16.7. The number of piperidine rings is 1. The van der Waals surface area contributed by atoms with Crippen molar-refractivity contribution in [1.29, 1.82) is 0 Å². The van der Waals surface area contributed by atoms with Crippen LogP contribution in [0.3, 0.4) is 0 Å². The summed E-state index contributed by atoms with van der Waals surface area (Å²) in [5.41, 5.74) is 0. The van der Waals surface area contributed by atoms with E-state index in [0.29, 0.717) is 31.1 Å². The average molecular weight is 396 g/mol. The van der Waals surface area contributed by atoms with Crippen molar-refractivity contribution in [3.8, 4) is 0 Å². The lowest BCUT2D eigenvalue weighted by Crippen LogP contribution is -2.45. The van der Waals surface area contributed by atoms with Crippen molar-refractivity contribution >= 4 is 23.2 Å². The van der Waals surface area contributed by atoms with Gasteiger partial charge >= 0.3 is 0 Å². The summed E-state index contributed by atoms with van der Waals surface area (Å²) in [6.07, 6.45) is 2.40. The monoisotopic (exact) mass is 395 g/mol. The summed E-state index contributed by atoms with van der Waals surface area (Å²) in [7, 11) is 3.82. The van der Waals surface area contributed by atoms with Gasteiger partial charge in [-0.1, -0.05) is 6.07 Å². The van der Waals surface area contributed by atoms with Crippen LogP contribution in [0.5, 0.6) is 0 Å². The predicted octanol–water partition coefficient (Wildman–Crippen LogP) is 1.45. The Morgan fingerprint density at radius 3 is 2.96 bits per heavy atom. The fourth-order valence-electron chi connectivity index (χ4n) is 3.45. The van der Waals surface area contributed by atoms with Gasteiger partial charge in [-0.25, -0.2) is 4.99 Å². The number of guanidine groups is 1. The molecule has 1 aliphatic heterocycles. The summed E-state index contributed by atoms with van der Waals surface area (Å²) in [4.78, 5) is 20.1. The Balaban J connectivity index is 1.91. The Kier molecular flexibility index (Phi) is 9.58. The lowest BCUT2D eigenvalue weighted by atomic mass is 9.88. The maximum Gasteiger partial charge on any atom is 0.241 e. The Morgan fingerprint density at radius 2 is 2.26 bits per heavy atom. The van der Waals surface area contributed by atoms with Gasteiger partial charge in [-0.05, 0) is 50.7 Å². The van der Waals surface area contributed by atoms with Crippen LogP contribution in [0.2, 0.25) is 0 Å². The van der Waals surface area contributed by atoms with Gasteiger partial charge in [0.1, 0.15) is 6.54 Å². The Hall–Kier alpha value is -1.64. The number of carbonyl (C=O) groups is 1. The fourth-order valence-corrected chi connectivity index (χ4v) is 4.43. The maximum absolute atomic E-state index is 11.8. The van der Waals surface area contributed by atoms with Crippen LogP contribution in [0.25, 0.3) is 0 Å². The van der Waals surface area contributed by atoms with Crippen LogP contribution in [0.15, 0.2) is 22.5 Å². The van der Waals surface area contributed by atoms with Crippen LogP contribution < -0.4 is 16.0 Å². The number of methoxy groups -OCH3 is 1. The second-order valence-corrected chi connectivity index (χ2v) is 7.74. The molecule has 1 fully saturated rings. The van der Waals surface area contributed by atoms with E-state index in [-0.39, 0.29) is 12.5 Å². The van der Waals surface area contributed by atoms with Gasteiger partial charge in [0.25, 0.3) is 0 Å². The van der Waals surface area contributed by atoms with Gasteiger partial charge in [-0.2, -0.15) is 0 Å². The third-order valence-electron chi connectivity index (χ3n) is 4.73. The molecule has 1 aliphatic rings. The van der Waals surface area contributed by atoms with Crippen molar-refractivity contribution in [2.75, 3.05) is 53.5 Å². The molecule has 2 rings (SSSR count). The summed E-state index contributed by atoms with van der Waals surface area (Å²) < 4.78 is 4.93. The molecule has 3 N–H and O–H groups in total. The van der Waals surface area contributed by atoms with E-state index in [1.54, 1.807) is 7.11 Å². The number of nitrogens with one attached hydrogen (secondary N) is 3. The highest BCUT2D eigenvalue weighted by molar-refractivity contribution is 7.10. The fraction of sp³-hybridized carbons (Fsp3) is 0.684. The molecule has 0 spiro atoms. The molecular formula is C19H33N5O2S. The highest BCUT2D eigenvalue weighted by Crippen LogP contribution is 2.36. The van der Waals surface area contributed by atoms with Crippen molar-refractivity contribution in [3.05, 3.63) is 22.4 Å². The van der Waals surface area contributed by atoms with Gasteiger partial charge in [-0.3, -0.25) is 9.69 Å². The second-order valence-electron chi connectivity index (χ2n) is 6.76. The molecule has 0 saturated carbocycles. The van der Waals surface area contributed by atoms with Crippen molar-refractivity contribution in [3.63, 3.8) is 0 Å². The first-order valence-electron chi connectivity index (χ1n) is 9.67. The summed E-state index contributed by atoms with van der Waals surface area (Å²) >= 11 is 1.83. The summed E-state index contributed by atoms with van der Waals surface area (Å²) in [6.45, 7) is 5.88. The molecule has 152 valence electrons. The number of aliphatic imine (C=N–C) groups is 1. The van der Waals surface area contributed by atoms with Crippen molar-refractivity contribution in [2.45, 2.75) is 25.8 Å². The van der Waals surface area contributed by atoms with E-state index in [0.717, 1.165) is 19.6 Å². The number of amides is 1. The van der Waals surface area contributed by atoms with Crippen molar-refractivity contribution in [2.24, 2.45) is 10.9 Å². The first-order chi connectivity index (χ1) is 13.2. The molecule has 2 heterocycles. The van der Waals surface area contributed by atoms with E-state index < -0.39 is 0 Å². The normalized spacial score (nSPS) is 21.1. The topological polar surface area (TPSA) is 78.0 Å². The molecule has 7 nitrogen and oxygen atoms in total. The number of hydrogen-bond acceptors (Lipinski definition) is 5. The van der Waals surface area contributed by atoms with Crippen LogP contribution in [-0.2, 0) is 9.53 Å². The number of hydrogen-bond donors (Lipinski definition) is 3. The van der Waals surface area contributed by atoms with Gasteiger partial charge in [0.15, 0.2) is 5.96 Å². The van der Waals surface area contributed by atoms with E-state index in [4.69, 9.17) is 4.74 Å². The van der Waals surface area contributed by atoms with Gasteiger partial charge in [0.05, 0.1) is 6.61 Å². The van der Waals surface area contributed by atoms with Gasteiger partial charge in [0.2, 0.25) is 5.91 Å². The smallest absolute Gasteiger partial charge is 0.241 e. The Morgan fingerprint density at radius 1 is 1.41 bits per heavy atom. The quantitative estimate of drug-likeness (QED) is 0.335. The summed E-state index contributed by atoms with van der Waals surface area (Å²) in [5.74, 6) is 1.11. The third-order valence-corrected chi connectivity index (χ3v) is 5.67. The van der Waals surface area contributed by atoms with Crippen LogP contribution in [0.4, 0.5) is 0 Å². The minimum Gasteiger partial charge on any atom is -0.383 e. The first kappa shape index (κ1) is 21.7. The van der Waals surface area contributed by atoms with Crippen LogP contribution in [0.1, 0.15) is 30.7 Å². The number of rotatable bonds is 9. The van der Waals surface area contributed by atoms with E-state index in [1.165, 1.54) is 17.7 Å². The molecule has 8 heteroatoms. The van der Waals surface area contributed by atoms with E-state index >= 15 is 0 Å². The van der Waals surface area contributed by atoms with E-state index in [2.05, 4.69) is 50.4 Å². The largest absolute Gasteiger partial charge is 0.383 e. The van der Waals surface area contributed by atoms with Crippen molar-refractivity contribution in [1.82, 2.24) is 20.9 Å². The molecule has 0 bridgehead atoms. The summed E-state index contributed by atoms with van der Waals surface area (Å²) in [5, 5.41) is 11.6. The van der Waals surface area contributed by atoms with Crippen LogP contribution in [-0.4, -0.2) is 70.3 Å². The predicted molar refractivity (Wildman–Crippen MR) is 111 cm³/mol. The second kappa shape index (κ2) is 11.9. The average Bonchev–Trinajstić information content (AvgIpc) is 3.18. The van der Waals surface area contributed by atoms with Gasteiger partial charge < -0.3 is 20.7 Å². The Bertz CT molecular complexity index is 579. The maximum atomic E-state index is 11.8. The molecule has 1 aromatic rings. The first-order valence-corrected chi connectivity index (χ1v) is 10.5. The molecule has 1 aromatic heterocycles. The molecule has 2 unspecified atom stereocenters. The molecule has 0 radical (unpaired) electrons. The Labute approximate surface area is 166 Å². The molecule has 0 aliphatic carbocycles. The molecule has 1 amide bonds. The molecule has 0 aromatic carbocycles. The SMILES string of the molecule is CCNC(=NCC(=O)NCCOC)NCC1CCCN(C)C1c1cccs1. The van der Waals surface area contributed by atoms with Crippen molar-refractivity contribution < 1.29 is 9.53 Å². The number of ether oxygens (including phenoxy) is 1. The zero-order valence-corrected chi connectivity index (χ0v) is 17.5. The van der Waals surface area contributed by atoms with E-state index in [9.17, 15) is 4.79 Å². The highest BCUT2D eigenvalue weighted by atomic mass is 32.1. The minimum absolute atomic E-state index is 0.0990. The third kappa shape index (κ3) is 7.12. The molecular weight excluding hydrogens is 362 g/mol. The lowest BCUT2D eigenvalue weighted by molar-refractivity contribution is -0.119.